The zero-order chi connectivity index (χ0) is 18.4. The van der Waals surface area contributed by atoms with E-state index in [0.717, 1.165) is 24.9 Å². The van der Waals surface area contributed by atoms with Crippen LogP contribution in [0.2, 0.25) is 0 Å². The molecule has 25 heavy (non-hydrogen) atoms. The van der Waals surface area contributed by atoms with Gasteiger partial charge in [0.05, 0.1) is 12.5 Å². The molecule has 0 spiro atoms. The van der Waals surface area contributed by atoms with Gasteiger partial charge in [-0.05, 0) is 56.9 Å². The van der Waals surface area contributed by atoms with E-state index in [0.29, 0.717) is 17.8 Å². The molecule has 2 rings (SSSR count). The lowest BCUT2D eigenvalue weighted by Gasteiger charge is -2.33. The van der Waals surface area contributed by atoms with Crippen molar-refractivity contribution in [2.75, 3.05) is 25.5 Å². The van der Waals surface area contributed by atoms with E-state index in [-0.39, 0.29) is 30.4 Å². The SMILES string of the molecule is COC(CN)CC(=O)Nc1ccc(C(=O)N2CCCCC2C)cc1C. The van der Waals surface area contributed by atoms with Gasteiger partial charge in [-0.25, -0.2) is 0 Å². The van der Waals surface area contributed by atoms with Gasteiger partial charge < -0.3 is 20.7 Å². The van der Waals surface area contributed by atoms with Gasteiger partial charge in [-0.1, -0.05) is 0 Å². The molecular weight excluding hydrogens is 318 g/mol. The van der Waals surface area contributed by atoms with Crippen molar-refractivity contribution in [2.45, 2.75) is 51.7 Å². The van der Waals surface area contributed by atoms with E-state index in [1.807, 2.05) is 17.9 Å². The number of nitrogens with zero attached hydrogens (tertiary/aromatic N) is 1. The summed E-state index contributed by atoms with van der Waals surface area (Å²) in [5, 5.41) is 2.86. The molecule has 1 saturated heterocycles. The standard InChI is InChI=1S/C19H29N3O3/c1-13-10-15(19(24)22-9-5-4-6-14(22)2)7-8-17(13)21-18(23)11-16(12-20)25-3/h7-8,10,14,16H,4-6,9,11-12,20H2,1-3H3,(H,21,23). The maximum Gasteiger partial charge on any atom is 0.254 e. The molecule has 0 aliphatic carbocycles. The monoisotopic (exact) mass is 347 g/mol. The lowest BCUT2D eigenvalue weighted by atomic mass is 10.0. The molecule has 0 aromatic heterocycles. The number of hydrogen-bond donors (Lipinski definition) is 2. The van der Waals surface area contributed by atoms with Crippen LogP contribution < -0.4 is 11.1 Å². The zero-order valence-corrected chi connectivity index (χ0v) is 15.4. The van der Waals surface area contributed by atoms with Crippen molar-refractivity contribution in [2.24, 2.45) is 5.73 Å². The number of benzene rings is 1. The molecule has 1 aliphatic rings. The predicted molar refractivity (Wildman–Crippen MR) is 98.6 cm³/mol. The number of ether oxygens (including phenoxy) is 1. The van der Waals surface area contributed by atoms with Crippen molar-refractivity contribution >= 4 is 17.5 Å². The average molecular weight is 347 g/mol. The largest absolute Gasteiger partial charge is 0.380 e. The molecule has 1 aromatic carbocycles. The highest BCUT2D eigenvalue weighted by Gasteiger charge is 2.24. The lowest BCUT2D eigenvalue weighted by molar-refractivity contribution is -0.118. The number of methoxy groups -OCH3 is 1. The van der Waals surface area contributed by atoms with Gasteiger partial charge in [0.1, 0.15) is 0 Å². The van der Waals surface area contributed by atoms with Crippen molar-refractivity contribution in [3.8, 4) is 0 Å². The minimum absolute atomic E-state index is 0.0655. The summed E-state index contributed by atoms with van der Waals surface area (Å²) in [5.74, 6) is -0.0834. The van der Waals surface area contributed by atoms with Gasteiger partial charge in [0, 0.05) is 37.5 Å². The van der Waals surface area contributed by atoms with E-state index in [9.17, 15) is 9.59 Å². The minimum Gasteiger partial charge on any atom is -0.380 e. The van der Waals surface area contributed by atoms with E-state index in [1.54, 1.807) is 12.1 Å². The van der Waals surface area contributed by atoms with Gasteiger partial charge >= 0.3 is 0 Å². The molecule has 1 aliphatic heterocycles. The first-order valence-corrected chi connectivity index (χ1v) is 8.90. The third kappa shape index (κ3) is 5.03. The maximum absolute atomic E-state index is 12.7. The second kappa shape index (κ2) is 8.97. The van der Waals surface area contributed by atoms with Gasteiger partial charge in [0.15, 0.2) is 0 Å². The summed E-state index contributed by atoms with van der Waals surface area (Å²) in [6, 6.07) is 5.70. The molecular formula is C19H29N3O3. The molecule has 6 nitrogen and oxygen atoms in total. The maximum atomic E-state index is 12.7. The minimum atomic E-state index is -0.290. The highest BCUT2D eigenvalue weighted by Crippen LogP contribution is 2.22. The molecule has 1 heterocycles. The first-order chi connectivity index (χ1) is 12.0. The van der Waals surface area contributed by atoms with Crippen LogP contribution in [0, 0.1) is 6.92 Å². The quantitative estimate of drug-likeness (QED) is 0.827. The van der Waals surface area contributed by atoms with Crippen molar-refractivity contribution in [1.82, 2.24) is 4.90 Å². The Morgan fingerprint density at radius 3 is 2.76 bits per heavy atom. The van der Waals surface area contributed by atoms with Crippen LogP contribution in [0.1, 0.15) is 48.5 Å². The second-order valence-electron chi connectivity index (χ2n) is 6.72. The molecule has 1 fully saturated rings. The molecule has 0 radical (unpaired) electrons. The molecule has 2 atom stereocenters. The molecule has 2 amide bonds. The van der Waals surface area contributed by atoms with Gasteiger partial charge in [-0.3, -0.25) is 9.59 Å². The highest BCUT2D eigenvalue weighted by molar-refractivity contribution is 5.96. The van der Waals surface area contributed by atoms with Crippen molar-refractivity contribution in [3.05, 3.63) is 29.3 Å². The summed E-state index contributed by atoms with van der Waals surface area (Å²) in [5.41, 5.74) is 7.79. The third-order valence-electron chi connectivity index (χ3n) is 4.82. The Morgan fingerprint density at radius 2 is 2.16 bits per heavy atom. The van der Waals surface area contributed by atoms with E-state index in [2.05, 4.69) is 12.2 Å². The Labute approximate surface area is 149 Å². The fourth-order valence-corrected chi connectivity index (χ4v) is 3.17. The van der Waals surface area contributed by atoms with Gasteiger partial charge in [-0.15, -0.1) is 0 Å². The van der Waals surface area contributed by atoms with Gasteiger partial charge in [-0.2, -0.15) is 0 Å². The fourth-order valence-electron chi connectivity index (χ4n) is 3.17. The number of nitrogens with one attached hydrogen (secondary N) is 1. The molecule has 138 valence electrons. The number of piperidine rings is 1. The zero-order valence-electron chi connectivity index (χ0n) is 15.4. The molecule has 3 N–H and O–H groups in total. The van der Waals surface area contributed by atoms with E-state index in [1.165, 1.54) is 13.5 Å². The summed E-state index contributed by atoms with van der Waals surface area (Å²) in [4.78, 5) is 26.8. The molecule has 0 saturated carbocycles. The number of aryl methyl sites for hydroxylation is 1. The number of carbonyl (C=O) groups is 2. The Hall–Kier alpha value is -1.92. The first kappa shape index (κ1) is 19.4. The average Bonchev–Trinajstić information content (AvgIpc) is 2.61. The van der Waals surface area contributed by atoms with Crippen LogP contribution in [0.25, 0.3) is 0 Å². The summed E-state index contributed by atoms with van der Waals surface area (Å²) in [7, 11) is 1.54. The highest BCUT2D eigenvalue weighted by atomic mass is 16.5. The molecule has 2 unspecified atom stereocenters. The Morgan fingerprint density at radius 1 is 1.40 bits per heavy atom. The number of hydrogen-bond acceptors (Lipinski definition) is 4. The Bertz CT molecular complexity index is 614. The van der Waals surface area contributed by atoms with E-state index >= 15 is 0 Å². The smallest absolute Gasteiger partial charge is 0.254 e. The third-order valence-corrected chi connectivity index (χ3v) is 4.82. The van der Waals surface area contributed by atoms with E-state index < -0.39 is 0 Å². The van der Waals surface area contributed by atoms with Crippen LogP contribution in [0.4, 0.5) is 5.69 Å². The topological polar surface area (TPSA) is 84.7 Å². The van der Waals surface area contributed by atoms with Crippen LogP contribution in [-0.2, 0) is 9.53 Å². The van der Waals surface area contributed by atoms with Crippen LogP contribution in [0.3, 0.4) is 0 Å². The predicted octanol–water partition coefficient (Wildman–Crippen LogP) is 2.31. The lowest BCUT2D eigenvalue weighted by Crippen LogP contribution is -2.42. The second-order valence-corrected chi connectivity index (χ2v) is 6.72. The van der Waals surface area contributed by atoms with Gasteiger partial charge in [0.25, 0.3) is 5.91 Å². The first-order valence-electron chi connectivity index (χ1n) is 8.90. The summed E-state index contributed by atoms with van der Waals surface area (Å²) in [6.07, 6.45) is 3.21. The normalized spacial score (nSPS) is 18.7. The Kier molecular flexibility index (Phi) is 6.96. The number of likely N-dealkylation sites (tertiary alicyclic amines) is 1. The van der Waals surface area contributed by atoms with E-state index in [4.69, 9.17) is 10.5 Å². The van der Waals surface area contributed by atoms with Crippen molar-refractivity contribution < 1.29 is 14.3 Å². The molecule has 6 heteroatoms. The Balaban J connectivity index is 2.04. The molecule has 0 bridgehead atoms. The number of amides is 2. The van der Waals surface area contributed by atoms with Crippen LogP contribution in [-0.4, -0.2) is 49.1 Å². The number of rotatable bonds is 6. The van der Waals surface area contributed by atoms with Crippen LogP contribution >= 0.6 is 0 Å². The van der Waals surface area contributed by atoms with Crippen molar-refractivity contribution in [3.63, 3.8) is 0 Å². The number of anilines is 1. The van der Waals surface area contributed by atoms with Crippen LogP contribution in [0.5, 0.6) is 0 Å². The fraction of sp³-hybridized carbons (Fsp3) is 0.579. The van der Waals surface area contributed by atoms with Gasteiger partial charge in [0.2, 0.25) is 5.91 Å². The van der Waals surface area contributed by atoms with Crippen molar-refractivity contribution in [1.29, 1.82) is 0 Å². The number of nitrogens with two attached hydrogens (primary N) is 1. The number of carbonyl (C=O) groups excluding carboxylic acids is 2. The summed E-state index contributed by atoms with van der Waals surface area (Å²) >= 11 is 0. The van der Waals surface area contributed by atoms with Crippen LogP contribution in [0.15, 0.2) is 18.2 Å². The summed E-state index contributed by atoms with van der Waals surface area (Å²) in [6.45, 7) is 5.10. The summed E-state index contributed by atoms with van der Waals surface area (Å²) < 4.78 is 5.13. The molecule has 1 aromatic rings.